The number of anilines is 1. The molecular weight excluding hydrogens is 320 g/mol. The van der Waals surface area contributed by atoms with Crippen molar-refractivity contribution in [2.24, 2.45) is 0 Å². The van der Waals surface area contributed by atoms with E-state index in [1.165, 1.54) is 6.26 Å². The van der Waals surface area contributed by atoms with E-state index in [1.54, 1.807) is 45.2 Å². The Morgan fingerprint density at radius 2 is 2.12 bits per heavy atom. The number of hydrogen-bond acceptors (Lipinski definition) is 6. The number of aryl methyl sites for hydroxylation is 1. The molecule has 25 heavy (non-hydrogen) atoms. The third-order valence-electron chi connectivity index (χ3n) is 4.10. The zero-order valence-electron chi connectivity index (χ0n) is 14.3. The van der Waals surface area contributed by atoms with Gasteiger partial charge in [0, 0.05) is 23.0 Å². The normalized spacial score (nSPS) is 13.4. The Kier molecular flexibility index (Phi) is 4.41. The van der Waals surface area contributed by atoms with Crippen molar-refractivity contribution in [2.75, 3.05) is 11.9 Å². The number of furan rings is 1. The summed E-state index contributed by atoms with van der Waals surface area (Å²) in [6.45, 7) is 5.44. The smallest absolute Gasteiger partial charge is 0.254 e. The van der Waals surface area contributed by atoms with Crippen LogP contribution in [0, 0.1) is 13.8 Å². The van der Waals surface area contributed by atoms with Crippen LogP contribution in [-0.2, 0) is 5.60 Å². The highest BCUT2D eigenvalue weighted by molar-refractivity contribution is 5.56. The first-order valence-corrected chi connectivity index (χ1v) is 7.91. The molecular formula is C18H20N4O3. The number of aromatic amines is 1. The van der Waals surface area contributed by atoms with Gasteiger partial charge in [0.15, 0.2) is 0 Å². The largest absolute Gasteiger partial charge is 0.466 e. The number of rotatable bonds is 5. The third-order valence-corrected chi connectivity index (χ3v) is 4.10. The molecule has 0 bridgehead atoms. The first-order chi connectivity index (χ1) is 11.9. The third kappa shape index (κ3) is 3.61. The fourth-order valence-corrected chi connectivity index (χ4v) is 2.36. The van der Waals surface area contributed by atoms with E-state index in [0.29, 0.717) is 34.2 Å². The second-order valence-electron chi connectivity index (χ2n) is 6.16. The summed E-state index contributed by atoms with van der Waals surface area (Å²) in [5.74, 6) is 1.56. The quantitative estimate of drug-likeness (QED) is 0.659. The average molecular weight is 340 g/mol. The fraction of sp³-hybridized carbons (Fsp3) is 0.278. The van der Waals surface area contributed by atoms with Crippen LogP contribution in [0.1, 0.15) is 23.9 Å². The molecule has 0 saturated carbocycles. The molecule has 0 radical (unpaired) electrons. The van der Waals surface area contributed by atoms with Crippen LogP contribution in [0.25, 0.3) is 11.4 Å². The lowest BCUT2D eigenvalue weighted by atomic mass is 10.0. The van der Waals surface area contributed by atoms with Gasteiger partial charge in [0.2, 0.25) is 0 Å². The van der Waals surface area contributed by atoms with E-state index in [0.717, 1.165) is 0 Å². The van der Waals surface area contributed by atoms with Gasteiger partial charge in [-0.25, -0.2) is 9.97 Å². The van der Waals surface area contributed by atoms with Gasteiger partial charge in [0.05, 0.1) is 12.8 Å². The van der Waals surface area contributed by atoms with E-state index in [1.807, 2.05) is 6.07 Å². The van der Waals surface area contributed by atoms with Crippen LogP contribution in [0.5, 0.6) is 0 Å². The second kappa shape index (κ2) is 6.52. The summed E-state index contributed by atoms with van der Waals surface area (Å²) in [6, 6.07) is 7.03. The Bertz CT molecular complexity index is 912. The van der Waals surface area contributed by atoms with E-state index >= 15 is 0 Å². The predicted octanol–water partition coefficient (Wildman–Crippen LogP) is 2.36. The van der Waals surface area contributed by atoms with E-state index < -0.39 is 5.60 Å². The van der Waals surface area contributed by atoms with E-state index in [-0.39, 0.29) is 12.1 Å². The van der Waals surface area contributed by atoms with Gasteiger partial charge in [-0.2, -0.15) is 0 Å². The molecule has 0 spiro atoms. The summed E-state index contributed by atoms with van der Waals surface area (Å²) >= 11 is 0. The van der Waals surface area contributed by atoms with Crippen molar-refractivity contribution in [1.29, 1.82) is 0 Å². The molecule has 1 atom stereocenters. The van der Waals surface area contributed by atoms with Crippen LogP contribution in [0.3, 0.4) is 0 Å². The zero-order valence-corrected chi connectivity index (χ0v) is 14.3. The van der Waals surface area contributed by atoms with Crippen molar-refractivity contribution >= 4 is 5.82 Å². The molecule has 3 aromatic rings. The van der Waals surface area contributed by atoms with Crippen molar-refractivity contribution < 1.29 is 9.52 Å². The lowest BCUT2D eigenvalue weighted by Gasteiger charge is -2.21. The van der Waals surface area contributed by atoms with Gasteiger partial charge < -0.3 is 19.8 Å². The molecule has 0 aromatic carbocycles. The van der Waals surface area contributed by atoms with Gasteiger partial charge in [0.25, 0.3) is 5.56 Å². The maximum atomic E-state index is 11.9. The molecule has 1 unspecified atom stereocenters. The number of pyridine rings is 1. The van der Waals surface area contributed by atoms with Crippen LogP contribution in [0.4, 0.5) is 5.82 Å². The molecule has 0 aliphatic rings. The van der Waals surface area contributed by atoms with Gasteiger partial charge in [-0.15, -0.1) is 0 Å². The van der Waals surface area contributed by atoms with Crippen LogP contribution in [-0.4, -0.2) is 26.6 Å². The monoisotopic (exact) mass is 340 g/mol. The lowest BCUT2D eigenvalue weighted by molar-refractivity contribution is 0.0476. The van der Waals surface area contributed by atoms with Crippen molar-refractivity contribution in [3.05, 3.63) is 64.1 Å². The molecule has 3 rings (SSSR count). The number of nitrogens with one attached hydrogen (secondary N) is 2. The molecule has 3 aromatic heterocycles. The predicted molar refractivity (Wildman–Crippen MR) is 94.3 cm³/mol. The van der Waals surface area contributed by atoms with Gasteiger partial charge in [-0.1, -0.05) is 0 Å². The number of aromatic nitrogens is 3. The molecule has 0 aliphatic carbocycles. The number of aliphatic hydroxyl groups is 1. The minimum absolute atomic E-state index is 0.154. The molecule has 3 heterocycles. The maximum Gasteiger partial charge on any atom is 0.254 e. The summed E-state index contributed by atoms with van der Waals surface area (Å²) in [7, 11) is 0. The van der Waals surface area contributed by atoms with Crippen molar-refractivity contribution in [1.82, 2.24) is 15.0 Å². The standard InChI is InChI=1S/C18H20N4O3/c1-11-12(2)21-16(22-17(11)23)13-6-7-15(19-9-13)20-10-18(3,24)14-5-4-8-25-14/h4-9,24H,10H2,1-3H3,(H,19,20)(H,21,22,23). The highest BCUT2D eigenvalue weighted by Gasteiger charge is 2.26. The van der Waals surface area contributed by atoms with E-state index in [9.17, 15) is 9.90 Å². The Morgan fingerprint density at radius 3 is 2.72 bits per heavy atom. The summed E-state index contributed by atoms with van der Waals surface area (Å²) in [6.07, 6.45) is 3.14. The number of nitrogens with zero attached hydrogens (tertiary/aromatic N) is 2. The van der Waals surface area contributed by atoms with Gasteiger partial charge in [0.1, 0.15) is 23.0 Å². The average Bonchev–Trinajstić information content (AvgIpc) is 3.13. The Morgan fingerprint density at radius 1 is 1.32 bits per heavy atom. The van der Waals surface area contributed by atoms with Crippen LogP contribution >= 0.6 is 0 Å². The highest BCUT2D eigenvalue weighted by atomic mass is 16.4. The van der Waals surface area contributed by atoms with Crippen LogP contribution in [0.2, 0.25) is 0 Å². The van der Waals surface area contributed by atoms with Crippen molar-refractivity contribution in [3.63, 3.8) is 0 Å². The molecule has 0 aliphatic heterocycles. The van der Waals surface area contributed by atoms with Gasteiger partial charge in [-0.05, 0) is 45.0 Å². The van der Waals surface area contributed by atoms with E-state index in [4.69, 9.17) is 4.42 Å². The molecule has 7 heteroatoms. The summed E-state index contributed by atoms with van der Waals surface area (Å²) in [4.78, 5) is 23.3. The fourth-order valence-electron chi connectivity index (χ4n) is 2.36. The molecule has 7 nitrogen and oxygen atoms in total. The maximum absolute atomic E-state index is 11.9. The van der Waals surface area contributed by atoms with Crippen molar-refractivity contribution in [2.45, 2.75) is 26.4 Å². The first-order valence-electron chi connectivity index (χ1n) is 7.91. The Labute approximate surface area is 144 Å². The second-order valence-corrected chi connectivity index (χ2v) is 6.16. The van der Waals surface area contributed by atoms with Crippen molar-refractivity contribution in [3.8, 4) is 11.4 Å². The van der Waals surface area contributed by atoms with Crippen LogP contribution in [0.15, 0.2) is 45.9 Å². The minimum Gasteiger partial charge on any atom is -0.466 e. The SMILES string of the molecule is Cc1nc(-c2ccc(NCC(C)(O)c3ccco3)nc2)[nH]c(=O)c1C. The molecule has 0 amide bonds. The molecule has 0 fully saturated rings. The minimum atomic E-state index is -1.15. The van der Waals surface area contributed by atoms with E-state index in [2.05, 4.69) is 20.3 Å². The summed E-state index contributed by atoms with van der Waals surface area (Å²) < 4.78 is 5.24. The highest BCUT2D eigenvalue weighted by Crippen LogP contribution is 2.22. The molecule has 130 valence electrons. The first kappa shape index (κ1) is 16.9. The summed E-state index contributed by atoms with van der Waals surface area (Å²) in [5, 5.41) is 13.5. The number of hydrogen-bond donors (Lipinski definition) is 3. The molecule has 0 saturated heterocycles. The van der Waals surface area contributed by atoms with Gasteiger partial charge >= 0.3 is 0 Å². The van der Waals surface area contributed by atoms with Crippen LogP contribution < -0.4 is 10.9 Å². The number of H-pyrrole nitrogens is 1. The Hall–Kier alpha value is -2.93. The Balaban J connectivity index is 1.74. The zero-order chi connectivity index (χ0) is 18.0. The lowest BCUT2D eigenvalue weighted by Crippen LogP contribution is -2.30. The van der Waals surface area contributed by atoms with Gasteiger partial charge in [-0.3, -0.25) is 4.79 Å². The topological polar surface area (TPSA) is 104 Å². The molecule has 3 N–H and O–H groups in total. The summed E-state index contributed by atoms with van der Waals surface area (Å²) in [5.41, 5.74) is 0.707.